The lowest BCUT2D eigenvalue weighted by Crippen LogP contribution is -2.27. The number of fused-ring (bicyclic) bond motifs is 1. The summed E-state index contributed by atoms with van der Waals surface area (Å²) in [4.78, 5) is 27.1. The minimum atomic E-state index is -0.756. The van der Waals surface area contributed by atoms with E-state index in [1.54, 1.807) is 36.4 Å². The van der Waals surface area contributed by atoms with E-state index in [4.69, 9.17) is 24.7 Å². The lowest BCUT2D eigenvalue weighted by atomic mass is 9.95. The molecular weight excluding hydrogens is 532 g/mol. The number of rotatable bonds is 6. The number of hydrogen-bond donors (Lipinski definition) is 2. The zero-order valence-electron chi connectivity index (χ0n) is 19.9. The molecule has 0 aliphatic heterocycles. The molecule has 0 amide bonds. The second kappa shape index (κ2) is 9.82. The third-order valence-corrected chi connectivity index (χ3v) is 6.53. The number of nitrogens with zero attached hydrogens (tertiary/aromatic N) is 1. The molecule has 9 nitrogen and oxygen atoms in total. The Morgan fingerprint density at radius 3 is 2.00 bits per heavy atom. The number of carbonyl (C=O) groups excluding carboxylic acids is 1. The maximum Gasteiger partial charge on any atom is 0.355 e. The molecule has 0 unspecified atom stereocenters. The van der Waals surface area contributed by atoms with Crippen molar-refractivity contribution in [3.05, 3.63) is 69.1 Å². The van der Waals surface area contributed by atoms with Gasteiger partial charge >= 0.3 is 5.97 Å². The van der Waals surface area contributed by atoms with Gasteiger partial charge in [-0.1, -0.05) is 0 Å². The highest BCUT2D eigenvalue weighted by Gasteiger charge is 2.27. The fraction of sp³-hybridized carbons (Fsp3) is 0.154. The van der Waals surface area contributed by atoms with Gasteiger partial charge in [0.15, 0.2) is 11.5 Å². The van der Waals surface area contributed by atoms with Crippen LogP contribution in [0.5, 0.6) is 23.0 Å². The Bertz CT molecular complexity index is 1520. The van der Waals surface area contributed by atoms with E-state index < -0.39 is 11.5 Å². The topological polar surface area (TPSA) is 122 Å². The highest BCUT2D eigenvalue weighted by molar-refractivity contribution is 9.10. The summed E-state index contributed by atoms with van der Waals surface area (Å²) < 4.78 is 23.3. The molecule has 0 aliphatic carbocycles. The van der Waals surface area contributed by atoms with Crippen LogP contribution in [0.15, 0.2) is 57.8 Å². The maximum absolute atomic E-state index is 13.8. The Morgan fingerprint density at radius 2 is 1.47 bits per heavy atom. The number of hydrogen-bond acceptors (Lipinski definition) is 8. The Kier molecular flexibility index (Phi) is 6.80. The van der Waals surface area contributed by atoms with Crippen molar-refractivity contribution < 1.29 is 28.8 Å². The molecule has 0 radical (unpaired) electrons. The lowest BCUT2D eigenvalue weighted by molar-refractivity contribution is 0.0591. The first-order valence-electron chi connectivity index (χ1n) is 10.6. The van der Waals surface area contributed by atoms with Crippen molar-refractivity contribution >= 4 is 38.4 Å². The maximum atomic E-state index is 13.8. The van der Waals surface area contributed by atoms with Gasteiger partial charge in [0.1, 0.15) is 21.7 Å². The van der Waals surface area contributed by atoms with Crippen molar-refractivity contribution in [2.75, 3.05) is 34.2 Å². The Balaban J connectivity index is 2.29. The van der Waals surface area contributed by atoms with Crippen molar-refractivity contribution in [3.8, 4) is 39.8 Å². The first kappa shape index (κ1) is 24.9. The molecule has 3 aromatic carbocycles. The van der Waals surface area contributed by atoms with E-state index in [1.807, 2.05) is 0 Å². The largest absolute Gasteiger partial charge is 0.504 e. The molecule has 36 heavy (non-hydrogen) atoms. The number of ether oxygens (including phenoxy) is 4. The summed E-state index contributed by atoms with van der Waals surface area (Å²) in [6, 6.07) is 12.7. The molecule has 3 N–H and O–H groups in total. The average molecular weight is 555 g/mol. The summed E-state index contributed by atoms with van der Waals surface area (Å²) in [6.45, 7) is 0. The number of carbonyl (C=O) groups is 1. The number of nitrogen functional groups attached to an aromatic ring is 1. The van der Waals surface area contributed by atoms with Gasteiger partial charge in [0, 0.05) is 22.3 Å². The van der Waals surface area contributed by atoms with Crippen LogP contribution in [0, 0.1) is 0 Å². The summed E-state index contributed by atoms with van der Waals surface area (Å²) in [5.74, 6) is 0.0104. The minimum Gasteiger partial charge on any atom is -0.504 e. The van der Waals surface area contributed by atoms with E-state index in [0.29, 0.717) is 43.9 Å². The number of benzene rings is 3. The molecule has 0 atom stereocenters. The molecule has 4 rings (SSSR count). The van der Waals surface area contributed by atoms with Crippen LogP contribution in [0.25, 0.3) is 27.6 Å². The van der Waals surface area contributed by atoms with Gasteiger partial charge in [0.25, 0.3) is 5.56 Å². The summed E-state index contributed by atoms with van der Waals surface area (Å²) in [7, 11) is 5.62. The second-order valence-electron chi connectivity index (χ2n) is 7.71. The van der Waals surface area contributed by atoms with Gasteiger partial charge in [-0.15, -0.1) is 0 Å². The fourth-order valence-corrected chi connectivity index (χ4v) is 4.60. The fourth-order valence-electron chi connectivity index (χ4n) is 4.04. The van der Waals surface area contributed by atoms with E-state index in [1.165, 1.54) is 45.1 Å². The number of methoxy groups -OCH3 is 4. The quantitative estimate of drug-likeness (QED) is 0.263. The predicted molar refractivity (Wildman–Crippen MR) is 140 cm³/mol. The second-order valence-corrected chi connectivity index (χ2v) is 8.50. The van der Waals surface area contributed by atoms with Crippen molar-refractivity contribution in [1.82, 2.24) is 4.57 Å². The Labute approximate surface area is 214 Å². The lowest BCUT2D eigenvalue weighted by Gasteiger charge is -2.20. The molecule has 0 bridgehead atoms. The number of nitrogens with two attached hydrogens (primary N) is 1. The number of esters is 1. The SMILES string of the molecule is COC(=O)c1c(-c2cc(OC)c(Br)c(OC)c2)c2cc(OC)c(O)cc2c(=O)n1-c1ccc(N)cc1. The van der Waals surface area contributed by atoms with Gasteiger partial charge in [-0.25, -0.2) is 4.79 Å². The van der Waals surface area contributed by atoms with Gasteiger partial charge in [0.05, 0.1) is 33.8 Å². The molecule has 0 saturated carbocycles. The third kappa shape index (κ3) is 4.09. The van der Waals surface area contributed by atoms with Gasteiger partial charge in [0.2, 0.25) is 0 Å². The monoisotopic (exact) mass is 554 g/mol. The number of aromatic nitrogens is 1. The van der Waals surface area contributed by atoms with Crippen molar-refractivity contribution in [3.63, 3.8) is 0 Å². The number of phenolic OH excluding ortho intramolecular Hbond substituents is 1. The van der Waals surface area contributed by atoms with Crippen LogP contribution < -0.4 is 25.5 Å². The molecule has 10 heteroatoms. The van der Waals surface area contributed by atoms with Crippen LogP contribution in [0.4, 0.5) is 5.69 Å². The summed E-state index contributed by atoms with van der Waals surface area (Å²) in [6.07, 6.45) is 0. The van der Waals surface area contributed by atoms with Gasteiger partial charge in [-0.3, -0.25) is 9.36 Å². The number of halogens is 1. The van der Waals surface area contributed by atoms with E-state index in [0.717, 1.165) is 0 Å². The first-order valence-corrected chi connectivity index (χ1v) is 11.4. The van der Waals surface area contributed by atoms with Crippen LogP contribution in [-0.2, 0) is 4.74 Å². The number of aromatic hydroxyl groups is 1. The number of phenols is 1. The molecule has 1 heterocycles. The number of pyridine rings is 1. The van der Waals surface area contributed by atoms with Crippen molar-refractivity contribution in [2.24, 2.45) is 0 Å². The van der Waals surface area contributed by atoms with Gasteiger partial charge in [-0.2, -0.15) is 0 Å². The molecule has 1 aromatic heterocycles. The Morgan fingerprint density at radius 1 is 0.889 bits per heavy atom. The molecule has 186 valence electrons. The van der Waals surface area contributed by atoms with E-state index in [9.17, 15) is 14.7 Å². The van der Waals surface area contributed by atoms with Crippen LogP contribution in [-0.4, -0.2) is 44.1 Å². The zero-order chi connectivity index (χ0) is 26.1. The average Bonchev–Trinajstić information content (AvgIpc) is 2.89. The molecule has 0 spiro atoms. The first-order chi connectivity index (χ1) is 17.2. The molecule has 0 saturated heterocycles. The van der Waals surface area contributed by atoms with Crippen molar-refractivity contribution in [1.29, 1.82) is 0 Å². The van der Waals surface area contributed by atoms with E-state index >= 15 is 0 Å². The van der Waals surface area contributed by atoms with Crippen LogP contribution >= 0.6 is 15.9 Å². The minimum absolute atomic E-state index is 0.0426. The van der Waals surface area contributed by atoms with E-state index in [-0.39, 0.29) is 22.6 Å². The highest BCUT2D eigenvalue weighted by atomic mass is 79.9. The molecule has 4 aromatic rings. The van der Waals surface area contributed by atoms with Crippen LogP contribution in [0.3, 0.4) is 0 Å². The van der Waals surface area contributed by atoms with Crippen molar-refractivity contribution in [2.45, 2.75) is 0 Å². The van der Waals surface area contributed by atoms with Crippen LogP contribution in [0.1, 0.15) is 10.5 Å². The zero-order valence-corrected chi connectivity index (χ0v) is 21.5. The summed E-state index contributed by atoms with van der Waals surface area (Å²) in [5, 5.41) is 11.0. The van der Waals surface area contributed by atoms with Gasteiger partial charge < -0.3 is 29.8 Å². The third-order valence-electron chi connectivity index (χ3n) is 5.75. The van der Waals surface area contributed by atoms with E-state index in [2.05, 4.69) is 15.9 Å². The standard InChI is InChI=1S/C26H23BrN2O7/c1-33-19-12-16-17(11-18(19)30)25(31)29(15-7-5-14(28)6-8-15)24(26(32)36-4)22(16)13-9-20(34-2)23(27)21(10-13)35-3/h5-12,30H,28H2,1-4H3. The molecule has 0 aliphatic rings. The highest BCUT2D eigenvalue weighted by Crippen LogP contribution is 2.43. The normalized spacial score (nSPS) is 10.8. The molecule has 0 fully saturated rings. The Hall–Kier alpha value is -4.18. The van der Waals surface area contributed by atoms with Gasteiger partial charge in [-0.05, 0) is 70.0 Å². The summed E-state index contributed by atoms with van der Waals surface area (Å²) in [5.41, 5.74) is 6.96. The number of anilines is 1. The molecular formula is C26H23BrN2O7. The summed E-state index contributed by atoms with van der Waals surface area (Å²) >= 11 is 3.46. The van der Waals surface area contributed by atoms with Crippen LogP contribution in [0.2, 0.25) is 0 Å². The predicted octanol–water partition coefficient (Wildman–Crippen LogP) is 4.52. The smallest absolute Gasteiger partial charge is 0.355 e.